The summed E-state index contributed by atoms with van der Waals surface area (Å²) < 4.78 is 1.12. The highest BCUT2D eigenvalue weighted by Gasteiger charge is 2.40. The van der Waals surface area contributed by atoms with Gasteiger partial charge in [0.05, 0.1) is 5.54 Å². The quantitative estimate of drug-likeness (QED) is 0.868. The van der Waals surface area contributed by atoms with Crippen LogP contribution in [0.5, 0.6) is 0 Å². The first kappa shape index (κ1) is 14.9. The summed E-state index contributed by atoms with van der Waals surface area (Å²) in [7, 11) is 0. The lowest BCUT2D eigenvalue weighted by molar-refractivity contribution is 0.168. The number of nitrogens with one attached hydrogen (secondary N) is 1. The smallest absolute Gasteiger partial charge is 0.0524 e. The van der Waals surface area contributed by atoms with Crippen molar-refractivity contribution in [2.24, 2.45) is 17.6 Å². The van der Waals surface area contributed by atoms with Gasteiger partial charge in [0, 0.05) is 16.7 Å². The Morgan fingerprint density at radius 3 is 2.84 bits per heavy atom. The normalized spacial score (nSPS) is 31.2. The zero-order chi connectivity index (χ0) is 14.0. The van der Waals surface area contributed by atoms with E-state index in [9.17, 15) is 0 Å². The van der Waals surface area contributed by atoms with Crippen molar-refractivity contribution in [3.63, 3.8) is 0 Å². The molecule has 1 aliphatic rings. The Balaban J connectivity index is 2.29. The number of hydrogen-bond donors (Lipinski definition) is 2. The van der Waals surface area contributed by atoms with E-state index in [1.807, 2.05) is 0 Å². The van der Waals surface area contributed by atoms with E-state index < -0.39 is 0 Å². The number of rotatable bonds is 3. The summed E-state index contributed by atoms with van der Waals surface area (Å²) in [6.45, 7) is 7.51. The maximum atomic E-state index is 6.15. The van der Waals surface area contributed by atoms with Crippen molar-refractivity contribution >= 4 is 21.6 Å². The summed E-state index contributed by atoms with van der Waals surface area (Å²) >= 11 is 3.64. The van der Waals surface area contributed by atoms with Gasteiger partial charge in [0.15, 0.2) is 0 Å². The van der Waals surface area contributed by atoms with Gasteiger partial charge in [0.2, 0.25) is 0 Å². The van der Waals surface area contributed by atoms with E-state index in [2.05, 4.69) is 60.2 Å². The first-order valence-corrected chi connectivity index (χ1v) is 8.02. The molecule has 1 aliphatic carbocycles. The van der Waals surface area contributed by atoms with Crippen LogP contribution in [0.4, 0.5) is 5.69 Å². The van der Waals surface area contributed by atoms with Crippen LogP contribution >= 0.6 is 15.9 Å². The molecule has 0 bridgehead atoms. The summed E-state index contributed by atoms with van der Waals surface area (Å²) in [5, 5.41) is 3.76. The summed E-state index contributed by atoms with van der Waals surface area (Å²) in [6, 6.07) is 6.43. The molecule has 1 saturated carbocycles. The molecule has 1 aromatic carbocycles. The van der Waals surface area contributed by atoms with E-state index in [1.54, 1.807) is 0 Å². The molecule has 0 amide bonds. The van der Waals surface area contributed by atoms with Crippen LogP contribution in [0.15, 0.2) is 22.7 Å². The molecule has 3 atom stereocenters. The van der Waals surface area contributed by atoms with Crippen LogP contribution in [-0.2, 0) is 0 Å². The number of benzene rings is 1. The number of hydrogen-bond acceptors (Lipinski definition) is 2. The van der Waals surface area contributed by atoms with Crippen LogP contribution < -0.4 is 11.1 Å². The van der Waals surface area contributed by atoms with Crippen molar-refractivity contribution in [2.75, 3.05) is 11.9 Å². The van der Waals surface area contributed by atoms with Gasteiger partial charge in [0.1, 0.15) is 0 Å². The van der Waals surface area contributed by atoms with Gasteiger partial charge in [0.25, 0.3) is 0 Å². The minimum absolute atomic E-state index is 0.0357. The molecule has 19 heavy (non-hydrogen) atoms. The number of anilines is 1. The summed E-state index contributed by atoms with van der Waals surface area (Å²) in [6.07, 6.45) is 3.74. The van der Waals surface area contributed by atoms with Gasteiger partial charge < -0.3 is 11.1 Å². The molecule has 3 heteroatoms. The fourth-order valence-corrected chi connectivity index (χ4v) is 3.63. The highest BCUT2D eigenvalue weighted by Crippen LogP contribution is 2.40. The van der Waals surface area contributed by atoms with E-state index in [1.165, 1.54) is 24.1 Å². The van der Waals surface area contributed by atoms with Crippen LogP contribution in [0.1, 0.15) is 38.7 Å². The Morgan fingerprint density at radius 2 is 2.16 bits per heavy atom. The first-order chi connectivity index (χ1) is 8.98. The van der Waals surface area contributed by atoms with Crippen LogP contribution in [0, 0.1) is 18.8 Å². The fraction of sp³-hybridized carbons (Fsp3) is 0.625. The predicted molar refractivity (Wildman–Crippen MR) is 86.5 cm³/mol. The Hall–Kier alpha value is -0.540. The van der Waals surface area contributed by atoms with Crippen molar-refractivity contribution in [1.29, 1.82) is 0 Å². The lowest BCUT2D eigenvalue weighted by atomic mass is 9.68. The second kappa shape index (κ2) is 5.84. The predicted octanol–water partition coefficient (Wildman–Crippen LogP) is 4.32. The third kappa shape index (κ3) is 2.97. The molecule has 1 aromatic rings. The first-order valence-electron chi connectivity index (χ1n) is 7.23. The van der Waals surface area contributed by atoms with Crippen molar-refractivity contribution in [2.45, 2.75) is 45.6 Å². The van der Waals surface area contributed by atoms with Gasteiger partial charge in [-0.1, -0.05) is 32.8 Å². The monoisotopic (exact) mass is 324 g/mol. The SMILES string of the molecule is Cc1ccc(Br)c(NC2(CN)CCCC(C)C2C)c1. The van der Waals surface area contributed by atoms with Crippen LogP contribution in [-0.4, -0.2) is 12.1 Å². The Labute approximate surface area is 125 Å². The lowest BCUT2D eigenvalue weighted by Gasteiger charge is -2.46. The maximum absolute atomic E-state index is 6.15. The van der Waals surface area contributed by atoms with Crippen molar-refractivity contribution in [3.05, 3.63) is 28.2 Å². The third-order valence-corrected chi connectivity index (χ3v) is 5.57. The zero-order valence-electron chi connectivity index (χ0n) is 12.2. The zero-order valence-corrected chi connectivity index (χ0v) is 13.8. The average Bonchev–Trinajstić information content (AvgIpc) is 2.39. The molecule has 0 spiro atoms. The Morgan fingerprint density at radius 1 is 1.42 bits per heavy atom. The fourth-order valence-electron chi connectivity index (χ4n) is 3.28. The van der Waals surface area contributed by atoms with Gasteiger partial charge in [-0.2, -0.15) is 0 Å². The van der Waals surface area contributed by atoms with E-state index in [-0.39, 0.29) is 5.54 Å². The number of nitrogens with two attached hydrogens (primary N) is 1. The molecular weight excluding hydrogens is 300 g/mol. The van der Waals surface area contributed by atoms with Crippen molar-refractivity contribution < 1.29 is 0 Å². The second-order valence-electron chi connectivity index (χ2n) is 6.13. The molecule has 3 unspecified atom stereocenters. The third-order valence-electron chi connectivity index (χ3n) is 4.88. The Bertz CT molecular complexity index is 446. The van der Waals surface area contributed by atoms with Gasteiger partial charge in [-0.15, -0.1) is 0 Å². The van der Waals surface area contributed by atoms with Crippen molar-refractivity contribution in [1.82, 2.24) is 0 Å². The minimum Gasteiger partial charge on any atom is -0.377 e. The molecule has 3 N–H and O–H groups in total. The summed E-state index contributed by atoms with van der Waals surface area (Å²) in [5.74, 6) is 1.33. The summed E-state index contributed by atoms with van der Waals surface area (Å²) in [4.78, 5) is 0. The highest BCUT2D eigenvalue weighted by molar-refractivity contribution is 9.10. The molecule has 1 fully saturated rings. The van der Waals surface area contributed by atoms with Crippen LogP contribution in [0.25, 0.3) is 0 Å². The van der Waals surface area contributed by atoms with Gasteiger partial charge >= 0.3 is 0 Å². The average molecular weight is 325 g/mol. The molecule has 0 saturated heterocycles. The van der Waals surface area contributed by atoms with E-state index in [0.29, 0.717) is 12.5 Å². The van der Waals surface area contributed by atoms with Crippen molar-refractivity contribution in [3.8, 4) is 0 Å². The molecule has 2 nitrogen and oxygen atoms in total. The molecule has 0 radical (unpaired) electrons. The van der Waals surface area contributed by atoms with Gasteiger partial charge in [-0.25, -0.2) is 0 Å². The molecule has 106 valence electrons. The highest BCUT2D eigenvalue weighted by atomic mass is 79.9. The minimum atomic E-state index is 0.0357. The molecule has 0 aromatic heterocycles. The number of aryl methyl sites for hydroxylation is 1. The van der Waals surface area contributed by atoms with Gasteiger partial charge in [-0.3, -0.25) is 0 Å². The molecular formula is C16H25BrN2. The summed E-state index contributed by atoms with van der Waals surface area (Å²) in [5.41, 5.74) is 8.63. The molecule has 0 heterocycles. The second-order valence-corrected chi connectivity index (χ2v) is 6.98. The lowest BCUT2D eigenvalue weighted by Crippen LogP contribution is -2.54. The van der Waals surface area contributed by atoms with E-state index >= 15 is 0 Å². The number of halogens is 1. The topological polar surface area (TPSA) is 38.0 Å². The van der Waals surface area contributed by atoms with Gasteiger partial charge in [-0.05, 0) is 58.8 Å². The van der Waals surface area contributed by atoms with E-state index in [4.69, 9.17) is 5.73 Å². The Kier molecular flexibility index (Phi) is 4.57. The van der Waals surface area contributed by atoms with E-state index in [0.717, 1.165) is 16.8 Å². The molecule has 2 rings (SSSR count). The maximum Gasteiger partial charge on any atom is 0.0524 e. The standard InChI is InChI=1S/C16H25BrN2/c1-11-6-7-14(17)15(9-11)19-16(10-18)8-4-5-12(2)13(16)3/h6-7,9,12-13,19H,4-5,8,10,18H2,1-3H3. The van der Waals surface area contributed by atoms with Crippen LogP contribution in [0.3, 0.4) is 0 Å². The van der Waals surface area contributed by atoms with Crippen LogP contribution in [0.2, 0.25) is 0 Å². The largest absolute Gasteiger partial charge is 0.377 e. The molecule has 0 aliphatic heterocycles.